The van der Waals surface area contributed by atoms with Crippen LogP contribution in [0.1, 0.15) is 17.2 Å². The van der Waals surface area contributed by atoms with Crippen molar-refractivity contribution in [1.82, 2.24) is 9.80 Å². The Hall–Kier alpha value is -2.41. The van der Waals surface area contributed by atoms with E-state index in [0.29, 0.717) is 39.4 Å². The lowest BCUT2D eigenvalue weighted by atomic mass is 9.98. The number of fused-ring (bicyclic) bond motifs is 1. The highest BCUT2D eigenvalue weighted by atomic mass is 16.5. The Morgan fingerprint density at radius 3 is 2.64 bits per heavy atom. The van der Waals surface area contributed by atoms with Crippen LogP contribution in [-0.4, -0.2) is 66.4 Å². The normalized spacial score (nSPS) is 22.8. The Kier molecular flexibility index (Phi) is 5.90. The summed E-state index contributed by atoms with van der Waals surface area (Å²) in [6, 6.07) is 17.5. The van der Waals surface area contributed by atoms with Crippen molar-refractivity contribution in [2.75, 3.05) is 39.5 Å². The maximum Gasteiger partial charge on any atom is 0.237 e. The van der Waals surface area contributed by atoms with E-state index in [-0.39, 0.29) is 18.6 Å². The number of hydrogen-bond donors (Lipinski definition) is 1. The molecule has 0 aliphatic carbocycles. The van der Waals surface area contributed by atoms with Crippen LogP contribution in [0.15, 0.2) is 54.6 Å². The van der Waals surface area contributed by atoms with E-state index in [1.54, 1.807) is 0 Å². The van der Waals surface area contributed by atoms with Gasteiger partial charge in [-0.05, 0) is 11.6 Å². The standard InChI is InChI=1S/C22H26N2O4/c25-16-20-22(17-6-2-1-3-7-17)24(11-13-28-20)21(26)15-23-10-12-27-19-9-5-4-8-18(19)14-23/h1-9,20,22,25H,10-16H2/t20-,22-/m0/s1. The van der Waals surface area contributed by atoms with E-state index in [9.17, 15) is 9.90 Å². The Labute approximate surface area is 165 Å². The van der Waals surface area contributed by atoms with Gasteiger partial charge < -0.3 is 19.5 Å². The van der Waals surface area contributed by atoms with E-state index >= 15 is 0 Å². The molecule has 148 valence electrons. The molecule has 2 aliphatic heterocycles. The Morgan fingerprint density at radius 1 is 1.04 bits per heavy atom. The van der Waals surface area contributed by atoms with Crippen molar-refractivity contribution in [3.05, 3.63) is 65.7 Å². The highest BCUT2D eigenvalue weighted by Crippen LogP contribution is 2.30. The average molecular weight is 382 g/mol. The maximum absolute atomic E-state index is 13.2. The molecule has 1 saturated heterocycles. The van der Waals surface area contributed by atoms with E-state index in [0.717, 1.165) is 16.9 Å². The Morgan fingerprint density at radius 2 is 1.82 bits per heavy atom. The summed E-state index contributed by atoms with van der Waals surface area (Å²) in [6.45, 7) is 3.11. The van der Waals surface area contributed by atoms with Crippen LogP contribution in [0.3, 0.4) is 0 Å². The Bertz CT molecular complexity index is 798. The molecule has 1 N–H and O–H groups in total. The first kappa shape index (κ1) is 18.9. The predicted molar refractivity (Wildman–Crippen MR) is 105 cm³/mol. The van der Waals surface area contributed by atoms with Gasteiger partial charge in [0.1, 0.15) is 18.5 Å². The minimum atomic E-state index is -0.409. The van der Waals surface area contributed by atoms with Gasteiger partial charge in [0.25, 0.3) is 0 Å². The van der Waals surface area contributed by atoms with E-state index in [2.05, 4.69) is 4.90 Å². The maximum atomic E-state index is 13.2. The molecule has 0 radical (unpaired) electrons. The van der Waals surface area contributed by atoms with Crippen LogP contribution < -0.4 is 4.74 Å². The van der Waals surface area contributed by atoms with E-state index in [1.165, 1.54) is 0 Å². The third-order valence-corrected chi connectivity index (χ3v) is 5.38. The minimum Gasteiger partial charge on any atom is -0.492 e. The molecule has 0 spiro atoms. The van der Waals surface area contributed by atoms with Crippen molar-refractivity contribution in [3.8, 4) is 5.75 Å². The topological polar surface area (TPSA) is 62.2 Å². The fraction of sp³-hybridized carbons (Fsp3) is 0.409. The first-order valence-corrected chi connectivity index (χ1v) is 9.76. The zero-order valence-electron chi connectivity index (χ0n) is 15.9. The summed E-state index contributed by atoms with van der Waals surface area (Å²) < 4.78 is 11.6. The number of rotatable bonds is 4. The number of benzene rings is 2. The monoisotopic (exact) mass is 382 g/mol. The molecule has 1 fully saturated rings. The van der Waals surface area contributed by atoms with Gasteiger partial charge in [-0.1, -0.05) is 48.5 Å². The van der Waals surface area contributed by atoms with Crippen LogP contribution in [-0.2, 0) is 16.1 Å². The molecule has 2 heterocycles. The number of ether oxygens (including phenoxy) is 2. The van der Waals surface area contributed by atoms with Crippen LogP contribution in [0.2, 0.25) is 0 Å². The van der Waals surface area contributed by atoms with Crippen molar-refractivity contribution >= 4 is 5.91 Å². The number of aliphatic hydroxyl groups excluding tert-OH is 1. The van der Waals surface area contributed by atoms with Crippen LogP contribution in [0.25, 0.3) is 0 Å². The van der Waals surface area contributed by atoms with Gasteiger partial charge in [-0.3, -0.25) is 9.69 Å². The second-order valence-corrected chi connectivity index (χ2v) is 7.20. The highest BCUT2D eigenvalue weighted by molar-refractivity contribution is 5.79. The lowest BCUT2D eigenvalue weighted by molar-refractivity contribution is -0.151. The molecule has 2 atom stereocenters. The quantitative estimate of drug-likeness (QED) is 0.874. The molecule has 6 nitrogen and oxygen atoms in total. The molecule has 2 aromatic rings. The van der Waals surface area contributed by atoms with Crippen molar-refractivity contribution in [2.45, 2.75) is 18.7 Å². The van der Waals surface area contributed by atoms with Crippen LogP contribution >= 0.6 is 0 Å². The van der Waals surface area contributed by atoms with Gasteiger partial charge in [-0.2, -0.15) is 0 Å². The number of nitrogens with zero attached hydrogens (tertiary/aromatic N) is 2. The van der Waals surface area contributed by atoms with Gasteiger partial charge in [0.15, 0.2) is 0 Å². The summed E-state index contributed by atoms with van der Waals surface area (Å²) >= 11 is 0. The SMILES string of the molecule is O=C(CN1CCOc2ccccc2C1)N1CCO[C@@H](CO)[C@@H]1c1ccccc1. The summed E-state index contributed by atoms with van der Waals surface area (Å²) in [4.78, 5) is 17.2. The summed E-state index contributed by atoms with van der Waals surface area (Å²) in [5.74, 6) is 0.946. The second kappa shape index (κ2) is 8.73. The van der Waals surface area contributed by atoms with E-state index < -0.39 is 6.10 Å². The number of carbonyl (C=O) groups is 1. The number of hydrogen-bond acceptors (Lipinski definition) is 5. The van der Waals surface area contributed by atoms with Gasteiger partial charge in [0.2, 0.25) is 5.91 Å². The molecule has 2 aliphatic rings. The summed E-state index contributed by atoms with van der Waals surface area (Å²) in [7, 11) is 0. The molecule has 4 rings (SSSR count). The van der Waals surface area contributed by atoms with E-state index in [4.69, 9.17) is 9.47 Å². The van der Waals surface area contributed by atoms with Gasteiger partial charge in [0.05, 0.1) is 25.8 Å². The fourth-order valence-electron chi connectivity index (χ4n) is 4.01. The molecule has 0 unspecified atom stereocenters. The van der Waals surface area contributed by atoms with Crippen LogP contribution in [0.5, 0.6) is 5.75 Å². The molecular weight excluding hydrogens is 356 g/mol. The van der Waals surface area contributed by atoms with Crippen molar-refractivity contribution in [1.29, 1.82) is 0 Å². The fourth-order valence-corrected chi connectivity index (χ4v) is 4.01. The number of aliphatic hydroxyl groups is 1. The van der Waals surface area contributed by atoms with Crippen LogP contribution in [0.4, 0.5) is 0 Å². The van der Waals surface area contributed by atoms with Crippen molar-refractivity contribution in [3.63, 3.8) is 0 Å². The molecule has 0 bridgehead atoms. The van der Waals surface area contributed by atoms with Gasteiger partial charge >= 0.3 is 0 Å². The number of carbonyl (C=O) groups excluding carboxylic acids is 1. The first-order valence-electron chi connectivity index (χ1n) is 9.76. The average Bonchev–Trinajstić information content (AvgIpc) is 2.95. The summed E-state index contributed by atoms with van der Waals surface area (Å²) in [5.41, 5.74) is 2.08. The summed E-state index contributed by atoms with van der Waals surface area (Å²) in [6.07, 6.45) is -0.409. The second-order valence-electron chi connectivity index (χ2n) is 7.20. The number of amides is 1. The summed E-state index contributed by atoms with van der Waals surface area (Å²) in [5, 5.41) is 9.80. The molecule has 28 heavy (non-hydrogen) atoms. The van der Waals surface area contributed by atoms with Gasteiger partial charge in [-0.15, -0.1) is 0 Å². The predicted octanol–water partition coefficient (Wildman–Crippen LogP) is 1.84. The minimum absolute atomic E-state index is 0.0509. The lowest BCUT2D eigenvalue weighted by Crippen LogP contribution is -2.52. The van der Waals surface area contributed by atoms with Crippen molar-refractivity contribution < 1.29 is 19.4 Å². The van der Waals surface area contributed by atoms with Crippen LogP contribution in [0, 0.1) is 0 Å². The van der Waals surface area contributed by atoms with Crippen molar-refractivity contribution in [2.24, 2.45) is 0 Å². The number of morpholine rings is 1. The molecule has 0 aromatic heterocycles. The van der Waals surface area contributed by atoms with E-state index in [1.807, 2.05) is 59.5 Å². The number of para-hydroxylation sites is 1. The third-order valence-electron chi connectivity index (χ3n) is 5.38. The molecule has 2 aromatic carbocycles. The zero-order valence-corrected chi connectivity index (χ0v) is 15.9. The highest BCUT2D eigenvalue weighted by Gasteiger charge is 2.36. The Balaban J connectivity index is 1.51. The molecule has 0 saturated carbocycles. The first-order chi connectivity index (χ1) is 13.8. The zero-order chi connectivity index (χ0) is 19.3. The largest absolute Gasteiger partial charge is 0.492 e. The van der Waals surface area contributed by atoms with Gasteiger partial charge in [-0.25, -0.2) is 0 Å². The molecule has 1 amide bonds. The third kappa shape index (κ3) is 4.04. The lowest BCUT2D eigenvalue weighted by Gasteiger charge is -2.41. The molecule has 6 heteroatoms. The molecular formula is C22H26N2O4. The van der Waals surface area contributed by atoms with Gasteiger partial charge in [0, 0.05) is 25.2 Å². The smallest absolute Gasteiger partial charge is 0.237 e.